The van der Waals surface area contributed by atoms with Crippen molar-refractivity contribution in [2.24, 2.45) is 0 Å². The van der Waals surface area contributed by atoms with Crippen LogP contribution in [0.3, 0.4) is 0 Å². The van der Waals surface area contributed by atoms with Gasteiger partial charge in [-0.05, 0) is 25.8 Å². The molecule has 1 saturated heterocycles. The average molecular weight is 286 g/mol. The number of amides is 2. The van der Waals surface area contributed by atoms with Gasteiger partial charge in [-0.1, -0.05) is 43.3 Å². The van der Waals surface area contributed by atoms with E-state index >= 15 is 0 Å². The van der Waals surface area contributed by atoms with Gasteiger partial charge >= 0.3 is 0 Å². The molecule has 2 unspecified atom stereocenters. The fourth-order valence-electron chi connectivity index (χ4n) is 2.76. The maximum absolute atomic E-state index is 13.0. The molecule has 21 heavy (non-hydrogen) atoms. The Balaban J connectivity index is 2.51. The fourth-order valence-corrected chi connectivity index (χ4v) is 2.76. The Morgan fingerprint density at radius 1 is 1.24 bits per heavy atom. The lowest BCUT2D eigenvalue weighted by Crippen LogP contribution is -2.72. The van der Waals surface area contributed by atoms with E-state index < -0.39 is 11.1 Å². The number of hydrogen-bond donors (Lipinski definition) is 1. The van der Waals surface area contributed by atoms with Gasteiger partial charge in [0.15, 0.2) is 0 Å². The largest absolute Gasteiger partial charge is 0.336 e. The predicted octanol–water partition coefficient (Wildman–Crippen LogP) is 2.21. The second-order valence-electron chi connectivity index (χ2n) is 5.78. The van der Waals surface area contributed by atoms with Crippen molar-refractivity contribution in [3.63, 3.8) is 0 Å². The number of carbonyl (C=O) groups is 2. The van der Waals surface area contributed by atoms with Gasteiger partial charge in [0.2, 0.25) is 5.91 Å². The molecule has 2 rings (SSSR count). The van der Waals surface area contributed by atoms with E-state index in [2.05, 4.69) is 11.9 Å². The lowest BCUT2D eigenvalue weighted by molar-refractivity contribution is -0.161. The summed E-state index contributed by atoms with van der Waals surface area (Å²) in [6.45, 7) is 9.54. The van der Waals surface area contributed by atoms with E-state index in [1.165, 1.54) is 0 Å². The second-order valence-corrected chi connectivity index (χ2v) is 5.78. The molecule has 112 valence electrons. The molecule has 1 aromatic rings. The lowest BCUT2D eigenvalue weighted by Gasteiger charge is -2.49. The predicted molar refractivity (Wildman–Crippen MR) is 82.5 cm³/mol. The standard InChI is InChI=1S/C17H22N2O2/c1-5-12-19-15(21)17(4,13-10-8-7-9-11-13)18-14(20)16(19,3)6-2/h5,7-11H,1,6,12H2,2-4H3,(H,18,20). The molecular formula is C17H22N2O2. The van der Waals surface area contributed by atoms with Gasteiger partial charge in [0.05, 0.1) is 0 Å². The van der Waals surface area contributed by atoms with Crippen molar-refractivity contribution in [2.45, 2.75) is 38.3 Å². The van der Waals surface area contributed by atoms with Gasteiger partial charge in [0, 0.05) is 6.54 Å². The highest BCUT2D eigenvalue weighted by Crippen LogP contribution is 2.34. The number of hydrogen-bond acceptors (Lipinski definition) is 2. The molecular weight excluding hydrogens is 264 g/mol. The van der Waals surface area contributed by atoms with Gasteiger partial charge in [0.25, 0.3) is 5.91 Å². The molecule has 1 aliphatic rings. The molecule has 2 amide bonds. The lowest BCUT2D eigenvalue weighted by atomic mass is 9.81. The van der Waals surface area contributed by atoms with Crippen molar-refractivity contribution < 1.29 is 9.59 Å². The summed E-state index contributed by atoms with van der Waals surface area (Å²) in [5.74, 6) is -0.227. The first kappa shape index (κ1) is 15.3. The molecule has 0 bridgehead atoms. The van der Waals surface area contributed by atoms with Crippen LogP contribution in [-0.2, 0) is 15.1 Å². The molecule has 4 heteroatoms. The first-order valence-corrected chi connectivity index (χ1v) is 7.21. The van der Waals surface area contributed by atoms with Crippen molar-refractivity contribution >= 4 is 11.8 Å². The summed E-state index contributed by atoms with van der Waals surface area (Å²) >= 11 is 0. The molecule has 1 aromatic carbocycles. The van der Waals surface area contributed by atoms with E-state index in [1.807, 2.05) is 37.3 Å². The van der Waals surface area contributed by atoms with Crippen LogP contribution in [0.4, 0.5) is 0 Å². The third-order valence-corrected chi connectivity index (χ3v) is 4.47. The Bertz CT molecular complexity index is 569. The van der Waals surface area contributed by atoms with E-state index in [0.29, 0.717) is 13.0 Å². The van der Waals surface area contributed by atoms with E-state index in [-0.39, 0.29) is 11.8 Å². The maximum atomic E-state index is 13.0. The highest BCUT2D eigenvalue weighted by molar-refractivity contribution is 6.02. The van der Waals surface area contributed by atoms with Gasteiger partial charge < -0.3 is 10.2 Å². The molecule has 1 aliphatic heterocycles. The van der Waals surface area contributed by atoms with Gasteiger partial charge in [-0.3, -0.25) is 9.59 Å². The van der Waals surface area contributed by atoms with Crippen LogP contribution < -0.4 is 5.32 Å². The molecule has 0 radical (unpaired) electrons. The first-order chi connectivity index (χ1) is 9.90. The zero-order valence-electron chi connectivity index (χ0n) is 12.8. The summed E-state index contributed by atoms with van der Waals surface area (Å²) in [5, 5.41) is 2.92. The average Bonchev–Trinajstić information content (AvgIpc) is 2.50. The van der Waals surface area contributed by atoms with Crippen LogP contribution >= 0.6 is 0 Å². The number of benzene rings is 1. The zero-order chi connectivity index (χ0) is 15.7. The summed E-state index contributed by atoms with van der Waals surface area (Å²) in [5.41, 5.74) is -1.08. The Labute approximate surface area is 125 Å². The molecule has 1 N–H and O–H groups in total. The van der Waals surface area contributed by atoms with Crippen molar-refractivity contribution in [1.82, 2.24) is 10.2 Å². The number of carbonyl (C=O) groups excluding carboxylic acids is 2. The van der Waals surface area contributed by atoms with Crippen LogP contribution in [0.5, 0.6) is 0 Å². The SMILES string of the molecule is C=CCN1C(=O)C(C)(c2ccccc2)NC(=O)C1(C)CC. The van der Waals surface area contributed by atoms with Crippen molar-refractivity contribution in [1.29, 1.82) is 0 Å². The third-order valence-electron chi connectivity index (χ3n) is 4.47. The van der Waals surface area contributed by atoms with Crippen LogP contribution in [-0.4, -0.2) is 28.8 Å². The quantitative estimate of drug-likeness (QED) is 0.863. The van der Waals surface area contributed by atoms with Crippen LogP contribution in [0, 0.1) is 0 Å². The minimum absolute atomic E-state index is 0.0995. The van der Waals surface area contributed by atoms with Crippen molar-refractivity contribution in [3.8, 4) is 0 Å². The van der Waals surface area contributed by atoms with E-state index in [9.17, 15) is 9.59 Å². The molecule has 0 spiro atoms. The molecule has 0 saturated carbocycles. The normalized spacial score (nSPS) is 29.2. The maximum Gasteiger partial charge on any atom is 0.253 e. The third kappa shape index (κ3) is 2.24. The number of nitrogens with one attached hydrogen (secondary N) is 1. The Morgan fingerprint density at radius 3 is 2.38 bits per heavy atom. The molecule has 0 aromatic heterocycles. The van der Waals surface area contributed by atoms with Crippen LogP contribution in [0.25, 0.3) is 0 Å². The van der Waals surface area contributed by atoms with Crippen molar-refractivity contribution in [2.75, 3.05) is 6.54 Å². The van der Waals surface area contributed by atoms with Crippen LogP contribution in [0.2, 0.25) is 0 Å². The first-order valence-electron chi connectivity index (χ1n) is 7.21. The van der Waals surface area contributed by atoms with E-state index in [1.54, 1.807) is 24.8 Å². The molecule has 2 atom stereocenters. The minimum atomic E-state index is -1.03. The van der Waals surface area contributed by atoms with E-state index in [0.717, 1.165) is 5.56 Å². The van der Waals surface area contributed by atoms with Crippen molar-refractivity contribution in [3.05, 3.63) is 48.6 Å². The van der Waals surface area contributed by atoms with E-state index in [4.69, 9.17) is 0 Å². The highest BCUT2D eigenvalue weighted by atomic mass is 16.2. The number of piperazine rings is 1. The van der Waals surface area contributed by atoms with Crippen LogP contribution in [0.15, 0.2) is 43.0 Å². The summed E-state index contributed by atoms with van der Waals surface area (Å²) in [6.07, 6.45) is 2.22. The highest BCUT2D eigenvalue weighted by Gasteiger charge is 2.53. The minimum Gasteiger partial charge on any atom is -0.336 e. The Hall–Kier alpha value is -2.10. The van der Waals surface area contributed by atoms with Gasteiger partial charge in [0.1, 0.15) is 11.1 Å². The van der Waals surface area contributed by atoms with Gasteiger partial charge in [-0.15, -0.1) is 6.58 Å². The Morgan fingerprint density at radius 2 is 1.86 bits per heavy atom. The number of nitrogens with zero attached hydrogens (tertiary/aromatic N) is 1. The molecule has 1 heterocycles. The van der Waals surface area contributed by atoms with Gasteiger partial charge in [-0.25, -0.2) is 0 Å². The fraction of sp³-hybridized carbons (Fsp3) is 0.412. The smallest absolute Gasteiger partial charge is 0.253 e. The molecule has 4 nitrogen and oxygen atoms in total. The second kappa shape index (κ2) is 5.35. The summed E-state index contributed by atoms with van der Waals surface area (Å²) in [4.78, 5) is 27.3. The summed E-state index contributed by atoms with van der Waals surface area (Å²) < 4.78 is 0. The van der Waals surface area contributed by atoms with Crippen LogP contribution in [0.1, 0.15) is 32.8 Å². The van der Waals surface area contributed by atoms with Gasteiger partial charge in [-0.2, -0.15) is 0 Å². The molecule has 0 aliphatic carbocycles. The monoisotopic (exact) mass is 286 g/mol. The summed E-state index contributed by atoms with van der Waals surface area (Å²) in [7, 11) is 0. The zero-order valence-corrected chi connectivity index (χ0v) is 12.8. The molecule has 1 fully saturated rings. The topological polar surface area (TPSA) is 49.4 Å². The Kier molecular flexibility index (Phi) is 3.90. The number of rotatable bonds is 4. The summed E-state index contributed by atoms with van der Waals surface area (Å²) in [6, 6.07) is 9.34.